The van der Waals surface area contributed by atoms with E-state index in [0.29, 0.717) is 13.1 Å². The lowest BCUT2D eigenvalue weighted by molar-refractivity contribution is -0.0695. The average Bonchev–Trinajstić information content (AvgIpc) is 2.67. The zero-order valence-corrected chi connectivity index (χ0v) is 14.8. The summed E-state index contributed by atoms with van der Waals surface area (Å²) in [5.74, 6) is 0. The number of nitrogens with one attached hydrogen (secondary N) is 1. The summed E-state index contributed by atoms with van der Waals surface area (Å²) in [5.41, 5.74) is 0.00807. The molecule has 3 saturated heterocycles. The van der Waals surface area contributed by atoms with E-state index in [2.05, 4.69) is 10.2 Å². The molecular weight excluding hydrogens is 310 g/mol. The lowest BCUT2D eigenvalue weighted by atomic mass is 9.87. The number of hydrogen-bond donors (Lipinski definition) is 1. The van der Waals surface area contributed by atoms with Crippen molar-refractivity contribution < 1.29 is 19.0 Å². The predicted molar refractivity (Wildman–Crippen MR) is 90.2 cm³/mol. The number of carbonyl (C=O) groups is 1. The summed E-state index contributed by atoms with van der Waals surface area (Å²) in [4.78, 5) is 17.0. The van der Waals surface area contributed by atoms with E-state index in [1.807, 2.05) is 4.90 Å². The van der Waals surface area contributed by atoms with Crippen LogP contribution >= 0.6 is 0 Å². The second kappa shape index (κ2) is 8.47. The first-order valence-electron chi connectivity index (χ1n) is 9.20. The summed E-state index contributed by atoms with van der Waals surface area (Å²) in [6.07, 6.45) is 4.15. The second-order valence-electron chi connectivity index (χ2n) is 7.04. The first kappa shape index (κ1) is 17.9. The molecule has 0 spiro atoms. The van der Waals surface area contributed by atoms with E-state index in [9.17, 15) is 4.79 Å². The molecule has 138 valence electrons. The Hall–Kier alpha value is -0.890. The van der Waals surface area contributed by atoms with Gasteiger partial charge in [-0.3, -0.25) is 4.90 Å². The van der Waals surface area contributed by atoms with Gasteiger partial charge in [0, 0.05) is 58.6 Å². The molecule has 7 nitrogen and oxygen atoms in total. The smallest absolute Gasteiger partial charge is 0.317 e. The fourth-order valence-electron chi connectivity index (χ4n) is 4.06. The molecule has 2 amide bonds. The highest BCUT2D eigenvalue weighted by Gasteiger charge is 2.39. The van der Waals surface area contributed by atoms with Gasteiger partial charge in [0.2, 0.25) is 0 Å². The van der Waals surface area contributed by atoms with Crippen molar-refractivity contribution in [2.45, 2.75) is 37.3 Å². The third-order valence-electron chi connectivity index (χ3n) is 5.67. The second-order valence-corrected chi connectivity index (χ2v) is 7.04. The van der Waals surface area contributed by atoms with Gasteiger partial charge in [0.1, 0.15) is 0 Å². The summed E-state index contributed by atoms with van der Waals surface area (Å²) in [5, 5.41) is 3.20. The van der Waals surface area contributed by atoms with Gasteiger partial charge >= 0.3 is 6.03 Å². The van der Waals surface area contributed by atoms with E-state index < -0.39 is 0 Å². The minimum atomic E-state index is 0.00807. The van der Waals surface area contributed by atoms with Crippen molar-refractivity contribution in [1.29, 1.82) is 0 Å². The Morgan fingerprint density at radius 1 is 1.17 bits per heavy atom. The van der Waals surface area contributed by atoms with Crippen molar-refractivity contribution in [2.75, 3.05) is 66.3 Å². The number of piperidine rings is 1. The molecule has 3 heterocycles. The maximum atomic E-state index is 12.6. The standard InChI is InChI=1S/C17H31N3O4/c1-22-15-3-2-6-19(13-15)16(21)18-14-17(4-9-23-10-5-17)20-7-11-24-12-8-20/h15H,2-14H2,1H3,(H,18,21). The maximum absolute atomic E-state index is 12.6. The molecule has 0 aliphatic carbocycles. The molecule has 1 atom stereocenters. The number of nitrogens with zero attached hydrogens (tertiary/aromatic N) is 2. The molecule has 0 aromatic heterocycles. The van der Waals surface area contributed by atoms with Crippen molar-refractivity contribution in [3.05, 3.63) is 0 Å². The van der Waals surface area contributed by atoms with Gasteiger partial charge in [0.15, 0.2) is 0 Å². The van der Waals surface area contributed by atoms with Crippen molar-refractivity contribution >= 4 is 6.03 Å². The number of carbonyl (C=O) groups excluding carboxylic acids is 1. The summed E-state index contributed by atoms with van der Waals surface area (Å²) in [6.45, 7) is 7.15. The SMILES string of the molecule is COC1CCCN(C(=O)NCC2(N3CCOCC3)CCOCC2)C1. The number of morpholine rings is 1. The highest BCUT2D eigenvalue weighted by Crippen LogP contribution is 2.28. The van der Waals surface area contributed by atoms with Crippen molar-refractivity contribution in [3.8, 4) is 0 Å². The topological polar surface area (TPSA) is 63.3 Å². The molecule has 3 aliphatic rings. The molecule has 3 fully saturated rings. The molecule has 1 unspecified atom stereocenters. The van der Waals surface area contributed by atoms with Gasteiger partial charge < -0.3 is 24.4 Å². The third kappa shape index (κ3) is 4.20. The molecule has 7 heteroatoms. The molecule has 0 aromatic rings. The van der Waals surface area contributed by atoms with Gasteiger partial charge in [-0.25, -0.2) is 4.79 Å². The highest BCUT2D eigenvalue weighted by atomic mass is 16.5. The Morgan fingerprint density at radius 2 is 1.88 bits per heavy atom. The molecule has 3 rings (SSSR count). The Morgan fingerprint density at radius 3 is 2.58 bits per heavy atom. The maximum Gasteiger partial charge on any atom is 0.317 e. The van der Waals surface area contributed by atoms with Crippen LogP contribution in [-0.4, -0.2) is 93.7 Å². The Kier molecular flexibility index (Phi) is 6.32. The zero-order chi connectivity index (χ0) is 16.8. The fraction of sp³-hybridized carbons (Fsp3) is 0.941. The molecule has 0 saturated carbocycles. The van der Waals surface area contributed by atoms with Crippen LogP contribution < -0.4 is 5.32 Å². The Labute approximate surface area is 144 Å². The molecule has 0 radical (unpaired) electrons. The Balaban J connectivity index is 1.57. The summed E-state index contributed by atoms with van der Waals surface area (Å²) < 4.78 is 16.5. The van der Waals surface area contributed by atoms with Gasteiger partial charge in [0.05, 0.1) is 19.3 Å². The van der Waals surface area contributed by atoms with Crippen molar-refractivity contribution in [3.63, 3.8) is 0 Å². The van der Waals surface area contributed by atoms with E-state index in [4.69, 9.17) is 14.2 Å². The predicted octanol–water partition coefficient (Wildman–Crippen LogP) is 0.688. The van der Waals surface area contributed by atoms with Crippen LogP contribution in [-0.2, 0) is 14.2 Å². The molecule has 3 aliphatic heterocycles. The summed E-state index contributed by atoms with van der Waals surface area (Å²) in [7, 11) is 1.72. The van der Waals surface area contributed by atoms with Crippen LogP contribution in [0.5, 0.6) is 0 Å². The largest absolute Gasteiger partial charge is 0.381 e. The first-order valence-corrected chi connectivity index (χ1v) is 9.20. The minimum Gasteiger partial charge on any atom is -0.381 e. The van der Waals surface area contributed by atoms with Gasteiger partial charge in [-0.1, -0.05) is 0 Å². The van der Waals surface area contributed by atoms with E-state index in [-0.39, 0.29) is 17.7 Å². The fourth-order valence-corrected chi connectivity index (χ4v) is 4.06. The molecule has 0 bridgehead atoms. The van der Waals surface area contributed by atoms with Crippen LogP contribution in [0.1, 0.15) is 25.7 Å². The minimum absolute atomic E-state index is 0.00807. The number of urea groups is 1. The van der Waals surface area contributed by atoms with Crippen LogP contribution in [0.25, 0.3) is 0 Å². The van der Waals surface area contributed by atoms with Crippen LogP contribution in [0, 0.1) is 0 Å². The van der Waals surface area contributed by atoms with Crippen LogP contribution in [0.15, 0.2) is 0 Å². The molecular formula is C17H31N3O4. The lowest BCUT2D eigenvalue weighted by Crippen LogP contribution is -2.62. The van der Waals surface area contributed by atoms with E-state index in [0.717, 1.165) is 71.7 Å². The monoisotopic (exact) mass is 341 g/mol. The highest BCUT2D eigenvalue weighted by molar-refractivity contribution is 5.74. The summed E-state index contributed by atoms with van der Waals surface area (Å²) in [6, 6.07) is 0.0378. The molecule has 0 aromatic carbocycles. The molecule has 1 N–H and O–H groups in total. The van der Waals surface area contributed by atoms with Gasteiger partial charge in [-0.2, -0.15) is 0 Å². The quantitative estimate of drug-likeness (QED) is 0.815. The van der Waals surface area contributed by atoms with E-state index >= 15 is 0 Å². The van der Waals surface area contributed by atoms with E-state index in [1.165, 1.54) is 0 Å². The number of rotatable bonds is 4. The summed E-state index contributed by atoms with van der Waals surface area (Å²) >= 11 is 0. The molecule has 24 heavy (non-hydrogen) atoms. The van der Waals surface area contributed by atoms with Crippen LogP contribution in [0.3, 0.4) is 0 Å². The normalized spacial score (nSPS) is 28.5. The van der Waals surface area contributed by atoms with Crippen LogP contribution in [0.2, 0.25) is 0 Å². The number of methoxy groups -OCH3 is 1. The number of likely N-dealkylation sites (tertiary alicyclic amines) is 1. The zero-order valence-electron chi connectivity index (χ0n) is 14.8. The van der Waals surface area contributed by atoms with Crippen molar-refractivity contribution in [1.82, 2.24) is 15.1 Å². The number of ether oxygens (including phenoxy) is 3. The van der Waals surface area contributed by atoms with Crippen LogP contribution in [0.4, 0.5) is 4.79 Å². The number of amides is 2. The van der Waals surface area contributed by atoms with Gasteiger partial charge in [-0.15, -0.1) is 0 Å². The first-order chi connectivity index (χ1) is 11.7. The van der Waals surface area contributed by atoms with Gasteiger partial charge in [0.25, 0.3) is 0 Å². The van der Waals surface area contributed by atoms with Gasteiger partial charge in [-0.05, 0) is 25.7 Å². The lowest BCUT2D eigenvalue weighted by Gasteiger charge is -2.48. The van der Waals surface area contributed by atoms with Crippen molar-refractivity contribution in [2.24, 2.45) is 0 Å². The van der Waals surface area contributed by atoms with E-state index in [1.54, 1.807) is 7.11 Å². The third-order valence-corrected chi connectivity index (χ3v) is 5.67. The average molecular weight is 341 g/mol. The number of hydrogen-bond acceptors (Lipinski definition) is 5. The Bertz CT molecular complexity index is 409.